The first-order valence-corrected chi connectivity index (χ1v) is 7.53. The van der Waals surface area contributed by atoms with Gasteiger partial charge >= 0.3 is 0 Å². The number of hydrogen-bond donors (Lipinski definition) is 1. The van der Waals surface area contributed by atoms with Gasteiger partial charge in [-0.2, -0.15) is 0 Å². The first-order valence-electron chi connectivity index (χ1n) is 7.53. The van der Waals surface area contributed by atoms with Gasteiger partial charge in [-0.1, -0.05) is 6.07 Å². The predicted molar refractivity (Wildman–Crippen MR) is 88.5 cm³/mol. The van der Waals surface area contributed by atoms with Crippen molar-refractivity contribution in [1.82, 2.24) is 5.32 Å². The summed E-state index contributed by atoms with van der Waals surface area (Å²) in [5.74, 6) is -1.37. The summed E-state index contributed by atoms with van der Waals surface area (Å²) in [7, 11) is 4.11. The molecule has 0 aliphatic heterocycles. The molecule has 7 heteroatoms. The van der Waals surface area contributed by atoms with Crippen LogP contribution in [0, 0.1) is 11.6 Å². The van der Waals surface area contributed by atoms with Crippen LogP contribution in [0.2, 0.25) is 0 Å². The summed E-state index contributed by atoms with van der Waals surface area (Å²) in [6.07, 6.45) is 0.427. The summed E-state index contributed by atoms with van der Waals surface area (Å²) >= 11 is 0. The van der Waals surface area contributed by atoms with Crippen molar-refractivity contribution in [3.63, 3.8) is 0 Å². The highest BCUT2D eigenvalue weighted by Crippen LogP contribution is 2.32. The average molecular weight is 351 g/mol. The molecule has 0 bridgehead atoms. The van der Waals surface area contributed by atoms with Crippen molar-refractivity contribution < 1.29 is 27.8 Å². The third-order valence-corrected chi connectivity index (χ3v) is 3.64. The maximum absolute atomic E-state index is 14.0. The zero-order chi connectivity index (χ0) is 18.4. The minimum absolute atomic E-state index is 0.0310. The SMILES string of the molecule is COc1cc(CCNC(=O)c2c(F)ccc(OC)c2OC)ccc1F. The number of hydrogen-bond acceptors (Lipinski definition) is 4. The van der Waals surface area contributed by atoms with Crippen LogP contribution in [0.3, 0.4) is 0 Å². The van der Waals surface area contributed by atoms with E-state index in [1.165, 1.54) is 33.5 Å². The first-order chi connectivity index (χ1) is 12.0. The highest BCUT2D eigenvalue weighted by atomic mass is 19.1. The lowest BCUT2D eigenvalue weighted by molar-refractivity contribution is 0.0946. The fourth-order valence-corrected chi connectivity index (χ4v) is 2.38. The number of carbonyl (C=O) groups is 1. The molecule has 5 nitrogen and oxygen atoms in total. The molecule has 0 aliphatic rings. The number of nitrogens with one attached hydrogen (secondary N) is 1. The topological polar surface area (TPSA) is 56.8 Å². The van der Waals surface area contributed by atoms with E-state index in [0.717, 1.165) is 11.6 Å². The van der Waals surface area contributed by atoms with E-state index in [-0.39, 0.29) is 29.4 Å². The molecule has 0 spiro atoms. The second kappa shape index (κ2) is 8.32. The van der Waals surface area contributed by atoms with Gasteiger partial charge in [-0.3, -0.25) is 4.79 Å². The van der Waals surface area contributed by atoms with Crippen molar-refractivity contribution in [2.75, 3.05) is 27.9 Å². The van der Waals surface area contributed by atoms with Crippen molar-refractivity contribution in [2.45, 2.75) is 6.42 Å². The summed E-state index contributed by atoms with van der Waals surface area (Å²) in [5.41, 5.74) is 0.551. The summed E-state index contributed by atoms with van der Waals surface area (Å²) in [6.45, 7) is 0.230. The molecule has 0 saturated carbocycles. The molecule has 0 saturated heterocycles. The van der Waals surface area contributed by atoms with Crippen LogP contribution in [0.5, 0.6) is 17.2 Å². The zero-order valence-electron chi connectivity index (χ0n) is 14.2. The van der Waals surface area contributed by atoms with Gasteiger partial charge in [-0.15, -0.1) is 0 Å². The smallest absolute Gasteiger partial charge is 0.258 e. The predicted octanol–water partition coefficient (Wildman–Crippen LogP) is 2.96. The number of benzene rings is 2. The van der Waals surface area contributed by atoms with Crippen LogP contribution < -0.4 is 19.5 Å². The van der Waals surface area contributed by atoms with Gasteiger partial charge in [-0.05, 0) is 36.2 Å². The molecule has 25 heavy (non-hydrogen) atoms. The minimum atomic E-state index is -0.710. The Labute approximate surface area is 144 Å². The van der Waals surface area contributed by atoms with Crippen LogP contribution in [0.1, 0.15) is 15.9 Å². The van der Waals surface area contributed by atoms with E-state index in [1.807, 2.05) is 0 Å². The molecule has 0 fully saturated rings. The molecule has 0 unspecified atom stereocenters. The van der Waals surface area contributed by atoms with Gasteiger partial charge < -0.3 is 19.5 Å². The van der Waals surface area contributed by atoms with E-state index in [4.69, 9.17) is 14.2 Å². The maximum atomic E-state index is 14.0. The van der Waals surface area contributed by atoms with Crippen molar-refractivity contribution in [1.29, 1.82) is 0 Å². The molecule has 1 N–H and O–H groups in total. The third-order valence-electron chi connectivity index (χ3n) is 3.64. The van der Waals surface area contributed by atoms with E-state index in [2.05, 4.69) is 5.32 Å². The highest BCUT2D eigenvalue weighted by Gasteiger charge is 2.21. The van der Waals surface area contributed by atoms with Crippen LogP contribution >= 0.6 is 0 Å². The second-order valence-corrected chi connectivity index (χ2v) is 5.13. The van der Waals surface area contributed by atoms with Crippen LogP contribution in [-0.4, -0.2) is 33.8 Å². The summed E-state index contributed by atoms with van der Waals surface area (Å²) in [4.78, 5) is 12.3. The van der Waals surface area contributed by atoms with Crippen molar-refractivity contribution in [2.24, 2.45) is 0 Å². The van der Waals surface area contributed by atoms with Gasteiger partial charge in [-0.25, -0.2) is 8.78 Å². The molecule has 2 rings (SSSR count). The monoisotopic (exact) mass is 351 g/mol. The normalized spacial score (nSPS) is 10.3. The lowest BCUT2D eigenvalue weighted by Gasteiger charge is -2.13. The van der Waals surface area contributed by atoms with Gasteiger partial charge in [0.05, 0.1) is 21.3 Å². The number of amides is 1. The van der Waals surface area contributed by atoms with Gasteiger partial charge in [0.25, 0.3) is 5.91 Å². The lowest BCUT2D eigenvalue weighted by atomic mass is 10.1. The standard InChI is InChI=1S/C18H19F2NO4/c1-23-14-7-6-13(20)16(17(14)25-3)18(22)21-9-8-11-4-5-12(19)15(10-11)24-2/h4-7,10H,8-9H2,1-3H3,(H,21,22). The molecule has 0 radical (unpaired) electrons. The molecule has 0 aliphatic carbocycles. The molecule has 0 heterocycles. The summed E-state index contributed by atoms with van der Waals surface area (Å²) in [6, 6.07) is 6.96. The fraction of sp³-hybridized carbons (Fsp3) is 0.278. The van der Waals surface area contributed by atoms with Gasteiger partial charge in [0.15, 0.2) is 23.1 Å². The van der Waals surface area contributed by atoms with Crippen molar-refractivity contribution in [3.8, 4) is 17.2 Å². The Morgan fingerprint density at radius 3 is 2.28 bits per heavy atom. The van der Waals surface area contributed by atoms with Gasteiger partial charge in [0.1, 0.15) is 11.4 Å². The molecule has 0 aromatic heterocycles. The van der Waals surface area contributed by atoms with Crippen LogP contribution in [0.25, 0.3) is 0 Å². The highest BCUT2D eigenvalue weighted by molar-refractivity contribution is 5.98. The Bertz CT molecular complexity index is 765. The van der Waals surface area contributed by atoms with Crippen LogP contribution in [0.15, 0.2) is 30.3 Å². The number of methoxy groups -OCH3 is 3. The first kappa shape index (κ1) is 18.5. The van der Waals surface area contributed by atoms with Crippen molar-refractivity contribution in [3.05, 3.63) is 53.1 Å². The fourth-order valence-electron chi connectivity index (χ4n) is 2.38. The Morgan fingerprint density at radius 2 is 1.64 bits per heavy atom. The van der Waals surface area contributed by atoms with E-state index >= 15 is 0 Å². The molecular formula is C18H19F2NO4. The van der Waals surface area contributed by atoms with E-state index in [9.17, 15) is 13.6 Å². The lowest BCUT2D eigenvalue weighted by Crippen LogP contribution is -2.27. The zero-order valence-corrected chi connectivity index (χ0v) is 14.2. The Balaban J connectivity index is 2.08. The van der Waals surface area contributed by atoms with E-state index < -0.39 is 17.5 Å². The van der Waals surface area contributed by atoms with E-state index in [1.54, 1.807) is 12.1 Å². The Hall–Kier alpha value is -2.83. The number of halogens is 2. The Morgan fingerprint density at radius 1 is 0.960 bits per heavy atom. The second-order valence-electron chi connectivity index (χ2n) is 5.13. The number of carbonyl (C=O) groups excluding carboxylic acids is 1. The molecule has 2 aromatic carbocycles. The summed E-state index contributed by atoms with van der Waals surface area (Å²) < 4.78 is 42.5. The molecule has 2 aromatic rings. The third kappa shape index (κ3) is 4.17. The quantitative estimate of drug-likeness (QED) is 0.833. The van der Waals surface area contributed by atoms with E-state index in [0.29, 0.717) is 6.42 Å². The summed E-state index contributed by atoms with van der Waals surface area (Å²) in [5, 5.41) is 2.62. The van der Waals surface area contributed by atoms with Crippen LogP contribution in [-0.2, 0) is 6.42 Å². The van der Waals surface area contributed by atoms with Gasteiger partial charge in [0, 0.05) is 6.54 Å². The van der Waals surface area contributed by atoms with Crippen LogP contribution in [0.4, 0.5) is 8.78 Å². The van der Waals surface area contributed by atoms with Gasteiger partial charge in [0.2, 0.25) is 0 Å². The maximum Gasteiger partial charge on any atom is 0.258 e. The number of ether oxygens (including phenoxy) is 3. The molecule has 1 amide bonds. The van der Waals surface area contributed by atoms with Crippen molar-refractivity contribution >= 4 is 5.91 Å². The largest absolute Gasteiger partial charge is 0.494 e. The average Bonchev–Trinajstić information content (AvgIpc) is 2.62. The number of rotatable bonds is 7. The Kier molecular flexibility index (Phi) is 6.16. The minimum Gasteiger partial charge on any atom is -0.494 e. The molecular weight excluding hydrogens is 332 g/mol. The molecule has 0 atom stereocenters. The molecule has 134 valence electrons.